The minimum atomic E-state index is -0.0127. The molecule has 5 rings (SSSR count). The lowest BCUT2D eigenvalue weighted by atomic mass is 9.84. The summed E-state index contributed by atoms with van der Waals surface area (Å²) in [6.07, 6.45) is 3.98. The summed E-state index contributed by atoms with van der Waals surface area (Å²) in [4.78, 5) is 19.8. The lowest BCUT2D eigenvalue weighted by molar-refractivity contribution is 0.0622. The predicted molar refractivity (Wildman–Crippen MR) is 95.6 cm³/mol. The first-order valence-corrected chi connectivity index (χ1v) is 9.34. The number of piperidine rings is 3. The average Bonchev–Trinajstić information content (AvgIpc) is 3.12. The van der Waals surface area contributed by atoms with E-state index in [9.17, 15) is 4.79 Å². The van der Waals surface area contributed by atoms with E-state index in [1.165, 1.54) is 37.3 Å². The van der Waals surface area contributed by atoms with Crippen LogP contribution in [0.3, 0.4) is 0 Å². The molecule has 7 heteroatoms. The van der Waals surface area contributed by atoms with Crippen molar-refractivity contribution in [3.63, 3.8) is 0 Å². The largest absolute Gasteiger partial charge is 0.495 e. The number of ether oxygens (including phenoxy) is 2. The normalized spacial score (nSPS) is 24.8. The van der Waals surface area contributed by atoms with Gasteiger partial charge in [0, 0.05) is 18.7 Å². The second kappa shape index (κ2) is 7.01. The van der Waals surface area contributed by atoms with Crippen molar-refractivity contribution in [2.24, 2.45) is 5.92 Å². The van der Waals surface area contributed by atoms with Gasteiger partial charge in [-0.25, -0.2) is 4.98 Å². The molecule has 2 aromatic heterocycles. The third-order valence-corrected chi connectivity index (χ3v) is 5.89. The topological polar surface area (TPSA) is 63.7 Å². The first kappa shape index (κ1) is 16.4. The highest BCUT2D eigenvalue weighted by Crippen LogP contribution is 2.31. The molecule has 132 valence electrons. The molecule has 0 aromatic carbocycles. The van der Waals surface area contributed by atoms with Crippen LogP contribution in [-0.4, -0.2) is 48.6 Å². The Morgan fingerprint density at radius 2 is 2.12 bits per heavy atom. The number of thiophene rings is 1. The van der Waals surface area contributed by atoms with Gasteiger partial charge in [0.25, 0.3) is 5.91 Å². The third-order valence-electron chi connectivity index (χ3n) is 4.93. The van der Waals surface area contributed by atoms with E-state index in [0.29, 0.717) is 27.5 Å². The Balaban J connectivity index is 1.37. The van der Waals surface area contributed by atoms with Gasteiger partial charge in [0.05, 0.1) is 18.2 Å². The zero-order valence-corrected chi connectivity index (χ0v) is 14.9. The van der Waals surface area contributed by atoms with E-state index in [-0.39, 0.29) is 11.9 Å². The predicted octanol–water partition coefficient (Wildman–Crippen LogP) is 2.77. The Bertz CT molecular complexity index is 738. The summed E-state index contributed by atoms with van der Waals surface area (Å²) in [5.41, 5.74) is 0. The maximum atomic E-state index is 12.5. The summed E-state index contributed by atoms with van der Waals surface area (Å²) < 4.78 is 10.8. The SMILES string of the molecule is COc1ccc(Oc2ccc(C(=O)NC3CN4CCC3CC4)s2)nc1. The summed E-state index contributed by atoms with van der Waals surface area (Å²) in [5.74, 6) is 1.76. The number of fused-ring (bicyclic) bond motifs is 3. The van der Waals surface area contributed by atoms with Crippen LogP contribution in [0.25, 0.3) is 0 Å². The summed E-state index contributed by atoms with van der Waals surface area (Å²) in [6.45, 7) is 3.31. The lowest BCUT2D eigenvalue weighted by Crippen LogP contribution is -2.57. The lowest BCUT2D eigenvalue weighted by Gasteiger charge is -2.44. The first-order valence-electron chi connectivity index (χ1n) is 8.52. The highest BCUT2D eigenvalue weighted by atomic mass is 32.1. The molecule has 5 heterocycles. The number of pyridine rings is 1. The van der Waals surface area contributed by atoms with Crippen LogP contribution >= 0.6 is 11.3 Å². The molecule has 0 radical (unpaired) electrons. The molecule has 3 aliphatic heterocycles. The second-order valence-corrected chi connectivity index (χ2v) is 7.52. The van der Waals surface area contributed by atoms with Gasteiger partial charge in [-0.2, -0.15) is 0 Å². The van der Waals surface area contributed by atoms with Gasteiger partial charge >= 0.3 is 0 Å². The summed E-state index contributed by atoms with van der Waals surface area (Å²) >= 11 is 1.34. The molecule has 0 aliphatic carbocycles. The van der Waals surface area contributed by atoms with E-state index in [2.05, 4.69) is 15.2 Å². The molecular weight excluding hydrogens is 338 g/mol. The summed E-state index contributed by atoms with van der Waals surface area (Å²) in [7, 11) is 1.59. The zero-order chi connectivity index (χ0) is 17.2. The first-order chi connectivity index (χ1) is 12.2. The van der Waals surface area contributed by atoms with Crippen LogP contribution in [0.4, 0.5) is 0 Å². The molecule has 25 heavy (non-hydrogen) atoms. The van der Waals surface area contributed by atoms with Crippen LogP contribution in [0, 0.1) is 5.92 Å². The molecule has 3 aliphatic rings. The molecule has 0 saturated carbocycles. The van der Waals surface area contributed by atoms with E-state index < -0.39 is 0 Å². The zero-order valence-electron chi connectivity index (χ0n) is 14.1. The average molecular weight is 359 g/mol. The smallest absolute Gasteiger partial charge is 0.261 e. The van der Waals surface area contributed by atoms with Gasteiger partial charge in [-0.05, 0) is 50.0 Å². The van der Waals surface area contributed by atoms with Crippen LogP contribution < -0.4 is 14.8 Å². The second-order valence-electron chi connectivity index (χ2n) is 6.47. The number of hydrogen-bond donors (Lipinski definition) is 1. The molecule has 2 bridgehead atoms. The van der Waals surface area contributed by atoms with Crippen molar-refractivity contribution in [3.8, 4) is 16.7 Å². The Kier molecular flexibility index (Phi) is 4.59. The fourth-order valence-corrected chi connectivity index (χ4v) is 4.28. The van der Waals surface area contributed by atoms with Crippen molar-refractivity contribution in [3.05, 3.63) is 35.3 Å². The minimum absolute atomic E-state index is 0.0127. The molecule has 3 saturated heterocycles. The van der Waals surface area contributed by atoms with Crippen LogP contribution in [0.5, 0.6) is 16.7 Å². The highest BCUT2D eigenvalue weighted by Gasteiger charge is 2.35. The Hall–Kier alpha value is -2.12. The molecule has 2 aromatic rings. The van der Waals surface area contributed by atoms with Crippen LogP contribution in [0.1, 0.15) is 22.5 Å². The van der Waals surface area contributed by atoms with Gasteiger partial charge in [-0.1, -0.05) is 11.3 Å². The number of carbonyl (C=O) groups is 1. The van der Waals surface area contributed by atoms with Crippen molar-refractivity contribution in [1.82, 2.24) is 15.2 Å². The Labute approximate surface area is 150 Å². The van der Waals surface area contributed by atoms with Crippen LogP contribution in [-0.2, 0) is 0 Å². The molecule has 1 unspecified atom stereocenters. The van der Waals surface area contributed by atoms with E-state index >= 15 is 0 Å². The molecule has 1 atom stereocenters. The van der Waals surface area contributed by atoms with Crippen molar-refractivity contribution in [2.75, 3.05) is 26.7 Å². The molecule has 6 nitrogen and oxygen atoms in total. The molecule has 1 N–H and O–H groups in total. The van der Waals surface area contributed by atoms with Crippen molar-refractivity contribution >= 4 is 17.2 Å². The van der Waals surface area contributed by atoms with Crippen LogP contribution in [0.2, 0.25) is 0 Å². The molecule has 3 fully saturated rings. The van der Waals surface area contributed by atoms with Gasteiger partial charge in [0.2, 0.25) is 5.88 Å². The number of rotatable bonds is 5. The summed E-state index contributed by atoms with van der Waals surface area (Å²) in [6, 6.07) is 7.41. The van der Waals surface area contributed by atoms with E-state index in [1.54, 1.807) is 31.5 Å². The highest BCUT2D eigenvalue weighted by molar-refractivity contribution is 7.15. The van der Waals surface area contributed by atoms with Gasteiger partial charge < -0.3 is 19.7 Å². The molecule has 1 amide bonds. The monoisotopic (exact) mass is 359 g/mol. The van der Waals surface area contributed by atoms with Gasteiger partial charge in [0.1, 0.15) is 5.75 Å². The number of carbonyl (C=O) groups excluding carboxylic acids is 1. The number of methoxy groups -OCH3 is 1. The quantitative estimate of drug-likeness (QED) is 0.889. The van der Waals surface area contributed by atoms with Crippen molar-refractivity contribution < 1.29 is 14.3 Å². The van der Waals surface area contributed by atoms with Crippen molar-refractivity contribution in [2.45, 2.75) is 18.9 Å². The fourth-order valence-electron chi connectivity index (χ4n) is 3.52. The maximum absolute atomic E-state index is 12.5. The van der Waals surface area contributed by atoms with E-state index in [4.69, 9.17) is 9.47 Å². The number of hydrogen-bond acceptors (Lipinski definition) is 6. The number of nitrogens with one attached hydrogen (secondary N) is 1. The van der Waals surface area contributed by atoms with Crippen LogP contribution in [0.15, 0.2) is 30.5 Å². The van der Waals surface area contributed by atoms with Gasteiger partial charge in [0.15, 0.2) is 5.06 Å². The number of aromatic nitrogens is 1. The molecular formula is C18H21N3O3S. The maximum Gasteiger partial charge on any atom is 0.261 e. The number of nitrogens with zero attached hydrogens (tertiary/aromatic N) is 2. The molecule has 0 spiro atoms. The van der Waals surface area contributed by atoms with E-state index in [0.717, 1.165) is 6.54 Å². The minimum Gasteiger partial charge on any atom is -0.495 e. The van der Waals surface area contributed by atoms with Crippen molar-refractivity contribution in [1.29, 1.82) is 0 Å². The number of amides is 1. The van der Waals surface area contributed by atoms with Gasteiger partial charge in [-0.3, -0.25) is 4.79 Å². The third kappa shape index (κ3) is 3.62. The fraction of sp³-hybridized carbons (Fsp3) is 0.444. The standard InChI is InChI=1S/C18H21N3O3S/c1-23-13-2-4-16(19-10-13)24-17-5-3-15(25-17)18(22)20-14-11-21-8-6-12(14)7-9-21/h2-5,10,12,14H,6-9,11H2,1H3,(H,20,22). The van der Waals surface area contributed by atoms with Gasteiger partial charge in [-0.15, -0.1) is 0 Å². The summed E-state index contributed by atoms with van der Waals surface area (Å²) in [5, 5.41) is 3.85. The Morgan fingerprint density at radius 3 is 2.76 bits per heavy atom. The Morgan fingerprint density at radius 1 is 1.28 bits per heavy atom. The van der Waals surface area contributed by atoms with E-state index in [1.807, 2.05) is 6.07 Å².